The molecule has 0 atom stereocenters. The molecule has 1 aliphatic heterocycles. The summed E-state index contributed by atoms with van der Waals surface area (Å²) in [5.74, 6) is 1.79. The van der Waals surface area contributed by atoms with Gasteiger partial charge in [-0.1, -0.05) is 12.1 Å². The van der Waals surface area contributed by atoms with Crippen LogP contribution in [0.1, 0.15) is 28.3 Å². The second-order valence-electron chi connectivity index (χ2n) is 5.10. The number of nitrogens with one attached hydrogen (secondary N) is 1. The summed E-state index contributed by atoms with van der Waals surface area (Å²) in [7, 11) is 1.68. The fourth-order valence-corrected chi connectivity index (χ4v) is 2.58. The van der Waals surface area contributed by atoms with E-state index >= 15 is 0 Å². The molecule has 0 fully saturated rings. The highest BCUT2D eigenvalue weighted by molar-refractivity contribution is 5.31. The number of rotatable bonds is 3. The van der Waals surface area contributed by atoms with E-state index in [2.05, 4.69) is 29.4 Å². The molecule has 0 saturated carbocycles. The molecule has 104 valence electrons. The van der Waals surface area contributed by atoms with Gasteiger partial charge in [-0.3, -0.25) is 0 Å². The average Bonchev–Trinajstić information content (AvgIpc) is 2.48. The van der Waals surface area contributed by atoms with E-state index in [9.17, 15) is 0 Å². The SMILES string of the molecule is COc1ccc(Cc2nc(C)c3c(n2)CCNC3)cc1. The van der Waals surface area contributed by atoms with Gasteiger partial charge < -0.3 is 10.1 Å². The van der Waals surface area contributed by atoms with Gasteiger partial charge in [0.2, 0.25) is 0 Å². The molecule has 2 aromatic rings. The Hall–Kier alpha value is -1.94. The van der Waals surface area contributed by atoms with E-state index in [4.69, 9.17) is 9.72 Å². The molecule has 2 heterocycles. The second kappa shape index (κ2) is 5.59. The maximum absolute atomic E-state index is 5.17. The molecule has 0 bridgehead atoms. The third-order valence-corrected chi connectivity index (χ3v) is 3.71. The second-order valence-corrected chi connectivity index (χ2v) is 5.10. The van der Waals surface area contributed by atoms with Gasteiger partial charge in [-0.2, -0.15) is 0 Å². The maximum Gasteiger partial charge on any atom is 0.133 e. The Morgan fingerprint density at radius 1 is 1.20 bits per heavy atom. The zero-order chi connectivity index (χ0) is 13.9. The van der Waals surface area contributed by atoms with Gasteiger partial charge in [0, 0.05) is 37.2 Å². The molecular weight excluding hydrogens is 250 g/mol. The molecule has 4 heteroatoms. The number of hydrogen-bond donors (Lipinski definition) is 1. The first kappa shape index (κ1) is 13.1. The summed E-state index contributed by atoms with van der Waals surface area (Å²) < 4.78 is 5.17. The van der Waals surface area contributed by atoms with Crippen molar-refractivity contribution in [2.45, 2.75) is 26.3 Å². The van der Waals surface area contributed by atoms with Gasteiger partial charge in [-0.25, -0.2) is 9.97 Å². The zero-order valence-electron chi connectivity index (χ0n) is 11.9. The van der Waals surface area contributed by atoms with Crippen LogP contribution in [-0.2, 0) is 19.4 Å². The lowest BCUT2D eigenvalue weighted by atomic mass is 10.0. The van der Waals surface area contributed by atoms with E-state index in [1.165, 1.54) is 16.8 Å². The number of nitrogens with zero attached hydrogens (tertiary/aromatic N) is 2. The molecule has 0 amide bonds. The van der Waals surface area contributed by atoms with E-state index in [1.54, 1.807) is 7.11 Å². The van der Waals surface area contributed by atoms with Crippen molar-refractivity contribution in [3.63, 3.8) is 0 Å². The summed E-state index contributed by atoms with van der Waals surface area (Å²) in [5, 5.41) is 3.37. The lowest BCUT2D eigenvalue weighted by molar-refractivity contribution is 0.414. The summed E-state index contributed by atoms with van der Waals surface area (Å²) in [6, 6.07) is 8.09. The van der Waals surface area contributed by atoms with Crippen molar-refractivity contribution in [1.82, 2.24) is 15.3 Å². The molecule has 1 aromatic carbocycles. The van der Waals surface area contributed by atoms with Crippen LogP contribution in [0.5, 0.6) is 5.75 Å². The van der Waals surface area contributed by atoms with E-state index < -0.39 is 0 Å². The first-order chi connectivity index (χ1) is 9.76. The monoisotopic (exact) mass is 269 g/mol. The standard InChI is InChI=1S/C16H19N3O/c1-11-14-10-17-8-7-15(14)19-16(18-11)9-12-3-5-13(20-2)6-4-12/h3-6,17H,7-10H2,1-2H3. The van der Waals surface area contributed by atoms with Crippen molar-refractivity contribution in [2.75, 3.05) is 13.7 Å². The first-order valence-corrected chi connectivity index (χ1v) is 6.95. The topological polar surface area (TPSA) is 47.0 Å². The summed E-state index contributed by atoms with van der Waals surface area (Å²) in [4.78, 5) is 9.37. The molecule has 0 radical (unpaired) electrons. The highest BCUT2D eigenvalue weighted by Gasteiger charge is 2.15. The highest BCUT2D eigenvalue weighted by atomic mass is 16.5. The van der Waals surface area contributed by atoms with Gasteiger partial charge >= 0.3 is 0 Å². The molecule has 0 spiro atoms. The van der Waals surface area contributed by atoms with Crippen LogP contribution >= 0.6 is 0 Å². The summed E-state index contributed by atoms with van der Waals surface area (Å²) in [5.41, 5.74) is 4.79. The summed E-state index contributed by atoms with van der Waals surface area (Å²) in [6.45, 7) is 3.97. The van der Waals surface area contributed by atoms with Gasteiger partial charge in [0.05, 0.1) is 12.8 Å². The molecule has 1 aromatic heterocycles. The Morgan fingerprint density at radius 2 is 2.00 bits per heavy atom. The van der Waals surface area contributed by atoms with Crippen molar-refractivity contribution < 1.29 is 4.74 Å². The maximum atomic E-state index is 5.17. The normalized spacial score (nSPS) is 13.9. The van der Waals surface area contributed by atoms with E-state index in [-0.39, 0.29) is 0 Å². The number of ether oxygens (including phenoxy) is 1. The minimum atomic E-state index is 0.769. The number of aryl methyl sites for hydroxylation is 1. The Bertz CT molecular complexity index is 608. The van der Waals surface area contributed by atoms with Crippen LogP contribution in [0.2, 0.25) is 0 Å². The fraction of sp³-hybridized carbons (Fsp3) is 0.375. The van der Waals surface area contributed by atoms with Gasteiger partial charge in [0.1, 0.15) is 11.6 Å². The van der Waals surface area contributed by atoms with Crippen molar-refractivity contribution in [3.8, 4) is 5.75 Å². The minimum absolute atomic E-state index is 0.769. The highest BCUT2D eigenvalue weighted by Crippen LogP contribution is 2.17. The van der Waals surface area contributed by atoms with Crippen molar-refractivity contribution in [3.05, 3.63) is 52.6 Å². The molecule has 4 nitrogen and oxygen atoms in total. The zero-order valence-corrected chi connectivity index (χ0v) is 11.9. The Kier molecular flexibility index (Phi) is 3.65. The lowest BCUT2D eigenvalue weighted by Gasteiger charge is -2.18. The Balaban J connectivity index is 1.85. The number of aromatic nitrogens is 2. The quantitative estimate of drug-likeness (QED) is 0.926. The third kappa shape index (κ3) is 2.65. The van der Waals surface area contributed by atoms with Crippen LogP contribution in [-0.4, -0.2) is 23.6 Å². The van der Waals surface area contributed by atoms with Crippen molar-refractivity contribution >= 4 is 0 Å². The van der Waals surface area contributed by atoms with Crippen LogP contribution in [0.15, 0.2) is 24.3 Å². The Labute approximate surface area is 119 Å². The smallest absolute Gasteiger partial charge is 0.133 e. The number of hydrogen-bond acceptors (Lipinski definition) is 4. The molecule has 1 aliphatic rings. The number of benzene rings is 1. The third-order valence-electron chi connectivity index (χ3n) is 3.71. The fourth-order valence-electron chi connectivity index (χ4n) is 2.58. The molecule has 0 unspecified atom stereocenters. The van der Waals surface area contributed by atoms with Crippen LogP contribution < -0.4 is 10.1 Å². The number of methoxy groups -OCH3 is 1. The van der Waals surface area contributed by atoms with Crippen molar-refractivity contribution in [2.24, 2.45) is 0 Å². The Morgan fingerprint density at radius 3 is 2.75 bits per heavy atom. The van der Waals surface area contributed by atoms with E-state index in [0.29, 0.717) is 0 Å². The molecular formula is C16H19N3O. The molecule has 20 heavy (non-hydrogen) atoms. The molecule has 3 rings (SSSR count). The predicted molar refractivity (Wildman–Crippen MR) is 78.0 cm³/mol. The average molecular weight is 269 g/mol. The predicted octanol–water partition coefficient (Wildman–Crippen LogP) is 2.03. The summed E-state index contributed by atoms with van der Waals surface area (Å²) >= 11 is 0. The van der Waals surface area contributed by atoms with Gasteiger partial charge in [-0.05, 0) is 24.6 Å². The summed E-state index contributed by atoms with van der Waals surface area (Å²) in [6.07, 6.45) is 1.76. The lowest BCUT2D eigenvalue weighted by Crippen LogP contribution is -2.26. The molecule has 1 N–H and O–H groups in total. The largest absolute Gasteiger partial charge is 0.497 e. The minimum Gasteiger partial charge on any atom is -0.497 e. The molecule has 0 aliphatic carbocycles. The van der Waals surface area contributed by atoms with Crippen LogP contribution in [0.3, 0.4) is 0 Å². The van der Waals surface area contributed by atoms with Crippen molar-refractivity contribution in [1.29, 1.82) is 0 Å². The van der Waals surface area contributed by atoms with Crippen LogP contribution in [0.4, 0.5) is 0 Å². The van der Waals surface area contributed by atoms with Crippen LogP contribution in [0.25, 0.3) is 0 Å². The molecule has 0 saturated heterocycles. The van der Waals surface area contributed by atoms with Gasteiger partial charge in [-0.15, -0.1) is 0 Å². The van der Waals surface area contributed by atoms with Gasteiger partial charge in [0.25, 0.3) is 0 Å². The van der Waals surface area contributed by atoms with Crippen LogP contribution in [0, 0.1) is 6.92 Å². The van der Waals surface area contributed by atoms with Gasteiger partial charge in [0.15, 0.2) is 0 Å². The van der Waals surface area contributed by atoms with E-state index in [0.717, 1.165) is 43.2 Å². The number of fused-ring (bicyclic) bond motifs is 1. The first-order valence-electron chi connectivity index (χ1n) is 6.95. The van der Waals surface area contributed by atoms with E-state index in [1.807, 2.05) is 12.1 Å².